The Morgan fingerprint density at radius 1 is 1.50 bits per heavy atom. The molecular formula is C9H17BO4. The fourth-order valence-corrected chi connectivity index (χ4v) is 2.54. The molecule has 3 unspecified atom stereocenters. The Labute approximate surface area is 85.1 Å². The van der Waals surface area contributed by atoms with Crippen molar-refractivity contribution >= 4 is 7.28 Å². The summed E-state index contributed by atoms with van der Waals surface area (Å²) in [6.07, 6.45) is 0.104. The van der Waals surface area contributed by atoms with Crippen LogP contribution in [0.1, 0.15) is 0 Å². The largest absolute Gasteiger partial charge is 0.381 e. The minimum absolute atomic E-state index is 0.0207. The van der Waals surface area contributed by atoms with Crippen LogP contribution in [0, 0.1) is 0 Å². The zero-order chi connectivity index (χ0) is 10.2. The highest BCUT2D eigenvalue weighted by Gasteiger charge is 2.61. The number of hydrogen-bond donors (Lipinski definition) is 0. The van der Waals surface area contributed by atoms with Gasteiger partial charge in [0, 0.05) is 14.2 Å². The molecule has 0 radical (unpaired) electrons. The topological polar surface area (TPSA) is 36.9 Å². The zero-order valence-corrected chi connectivity index (χ0v) is 8.99. The van der Waals surface area contributed by atoms with Crippen molar-refractivity contribution in [3.63, 3.8) is 0 Å². The molecule has 0 spiro atoms. The molecule has 4 nitrogen and oxygen atoms in total. The Balaban J connectivity index is 2.15. The maximum absolute atomic E-state index is 5.97. The highest BCUT2D eigenvalue weighted by molar-refractivity contribution is 6.35. The number of methoxy groups -OCH3 is 2. The van der Waals surface area contributed by atoms with Crippen molar-refractivity contribution in [1.82, 2.24) is 0 Å². The van der Waals surface area contributed by atoms with Crippen LogP contribution in [0.3, 0.4) is 0 Å². The first-order valence-electron chi connectivity index (χ1n) is 5.08. The molecular weight excluding hydrogens is 183 g/mol. The van der Waals surface area contributed by atoms with Crippen LogP contribution in [-0.4, -0.2) is 58.5 Å². The van der Waals surface area contributed by atoms with E-state index in [9.17, 15) is 0 Å². The molecule has 2 rings (SSSR count). The lowest BCUT2D eigenvalue weighted by atomic mass is 9.72. The van der Waals surface area contributed by atoms with E-state index in [2.05, 4.69) is 6.82 Å². The maximum atomic E-state index is 5.97. The second kappa shape index (κ2) is 3.81. The lowest BCUT2D eigenvalue weighted by molar-refractivity contribution is -0.144. The summed E-state index contributed by atoms with van der Waals surface area (Å²) in [5.74, 6) is 0. The monoisotopic (exact) mass is 200 g/mol. The van der Waals surface area contributed by atoms with Crippen LogP contribution in [0.4, 0.5) is 0 Å². The summed E-state index contributed by atoms with van der Waals surface area (Å²) in [6, 6.07) is 0.156. The van der Waals surface area contributed by atoms with Gasteiger partial charge in [0.2, 0.25) is 0 Å². The lowest BCUT2D eigenvalue weighted by Gasteiger charge is -2.30. The van der Waals surface area contributed by atoms with Crippen LogP contribution in [0.2, 0.25) is 6.82 Å². The average Bonchev–Trinajstić information content (AvgIpc) is 2.69. The zero-order valence-electron chi connectivity index (χ0n) is 8.99. The van der Waals surface area contributed by atoms with Crippen molar-refractivity contribution in [1.29, 1.82) is 0 Å². The number of hydrogen-bond acceptors (Lipinski definition) is 4. The van der Waals surface area contributed by atoms with E-state index in [0.29, 0.717) is 13.2 Å². The summed E-state index contributed by atoms with van der Waals surface area (Å²) >= 11 is 0. The van der Waals surface area contributed by atoms with Crippen LogP contribution in [0.5, 0.6) is 0 Å². The van der Waals surface area contributed by atoms with Gasteiger partial charge < -0.3 is 18.9 Å². The van der Waals surface area contributed by atoms with Gasteiger partial charge in [-0.1, -0.05) is 6.82 Å². The van der Waals surface area contributed by atoms with E-state index in [4.69, 9.17) is 18.9 Å². The Kier molecular flexibility index (Phi) is 2.84. The number of rotatable bonds is 4. The quantitative estimate of drug-likeness (QED) is 0.580. The van der Waals surface area contributed by atoms with Crippen molar-refractivity contribution in [3.8, 4) is 0 Å². The predicted octanol–water partition coefficient (Wildman–Crippen LogP) is -0.374. The Hall–Kier alpha value is -0.0951. The Bertz CT molecular complexity index is 213. The molecule has 4 atom stereocenters. The molecule has 2 aliphatic heterocycles. The molecule has 2 bridgehead atoms. The molecule has 2 fully saturated rings. The van der Waals surface area contributed by atoms with Gasteiger partial charge in [-0.05, 0) is 0 Å². The van der Waals surface area contributed by atoms with Crippen LogP contribution in [0.25, 0.3) is 0 Å². The summed E-state index contributed by atoms with van der Waals surface area (Å²) in [5, 5.41) is 0. The lowest BCUT2D eigenvalue weighted by Crippen LogP contribution is -2.46. The minimum Gasteiger partial charge on any atom is -0.381 e. The van der Waals surface area contributed by atoms with Crippen LogP contribution >= 0.6 is 0 Å². The standard InChI is InChI=1S/C9H17BO4/c1-10-8-6-7(12-3)9(14-8,4-11-2)5-13-6/h6-8,10H,4-5H2,1-3H3/t6?,7-,8?,9?/m1/s1. The van der Waals surface area contributed by atoms with E-state index >= 15 is 0 Å². The molecule has 0 N–H and O–H groups in total. The molecule has 0 aliphatic carbocycles. The third kappa shape index (κ3) is 1.31. The molecule has 0 saturated carbocycles. The van der Waals surface area contributed by atoms with E-state index in [0.717, 1.165) is 7.28 Å². The van der Waals surface area contributed by atoms with E-state index in [1.165, 1.54) is 0 Å². The number of ether oxygens (including phenoxy) is 4. The minimum atomic E-state index is -0.366. The Morgan fingerprint density at radius 2 is 2.29 bits per heavy atom. The van der Waals surface area contributed by atoms with Crippen LogP contribution < -0.4 is 0 Å². The molecule has 0 aromatic rings. The van der Waals surface area contributed by atoms with Crippen LogP contribution in [0.15, 0.2) is 0 Å². The maximum Gasteiger partial charge on any atom is 0.158 e. The highest BCUT2D eigenvalue weighted by atomic mass is 16.7. The van der Waals surface area contributed by atoms with Gasteiger partial charge in [-0.2, -0.15) is 0 Å². The van der Waals surface area contributed by atoms with Gasteiger partial charge in [-0.3, -0.25) is 0 Å². The SMILES string of the molecule is CBC1OC2(COC)COC1[C@H]2OC. The van der Waals surface area contributed by atoms with Gasteiger partial charge in [-0.25, -0.2) is 0 Å². The highest BCUT2D eigenvalue weighted by Crippen LogP contribution is 2.41. The van der Waals surface area contributed by atoms with Crippen molar-refractivity contribution in [2.45, 2.75) is 30.6 Å². The van der Waals surface area contributed by atoms with Gasteiger partial charge in [0.1, 0.15) is 17.8 Å². The Morgan fingerprint density at radius 3 is 2.86 bits per heavy atom. The molecule has 2 saturated heterocycles. The first-order valence-corrected chi connectivity index (χ1v) is 5.08. The molecule has 0 aromatic carbocycles. The van der Waals surface area contributed by atoms with Crippen molar-refractivity contribution in [2.75, 3.05) is 27.4 Å². The molecule has 80 valence electrons. The van der Waals surface area contributed by atoms with E-state index in [1.54, 1.807) is 14.2 Å². The van der Waals surface area contributed by atoms with Gasteiger partial charge in [0.25, 0.3) is 0 Å². The van der Waals surface area contributed by atoms with Crippen molar-refractivity contribution in [3.05, 3.63) is 0 Å². The van der Waals surface area contributed by atoms with Crippen molar-refractivity contribution < 1.29 is 18.9 Å². The summed E-state index contributed by atoms with van der Waals surface area (Å²) in [7, 11) is 4.34. The molecule has 14 heavy (non-hydrogen) atoms. The smallest absolute Gasteiger partial charge is 0.158 e. The molecule has 2 aliphatic rings. The third-order valence-electron chi connectivity index (χ3n) is 3.13. The molecule has 5 heteroatoms. The first kappa shape index (κ1) is 10.4. The van der Waals surface area contributed by atoms with E-state index in [1.807, 2.05) is 0 Å². The summed E-state index contributed by atoms with van der Waals surface area (Å²) < 4.78 is 22.3. The fraction of sp³-hybridized carbons (Fsp3) is 1.00. The van der Waals surface area contributed by atoms with Crippen molar-refractivity contribution in [2.24, 2.45) is 0 Å². The van der Waals surface area contributed by atoms with E-state index in [-0.39, 0.29) is 23.8 Å². The van der Waals surface area contributed by atoms with Gasteiger partial charge >= 0.3 is 0 Å². The fourth-order valence-electron chi connectivity index (χ4n) is 2.54. The van der Waals surface area contributed by atoms with Crippen LogP contribution in [-0.2, 0) is 18.9 Å². The number of fused-ring (bicyclic) bond motifs is 2. The molecule has 0 amide bonds. The summed E-state index contributed by atoms with van der Waals surface area (Å²) in [5.41, 5.74) is -0.366. The summed E-state index contributed by atoms with van der Waals surface area (Å²) in [6.45, 7) is 3.22. The van der Waals surface area contributed by atoms with Gasteiger partial charge in [0.05, 0.1) is 19.2 Å². The van der Waals surface area contributed by atoms with E-state index < -0.39 is 0 Å². The molecule has 2 heterocycles. The normalized spacial score (nSPS) is 45.8. The van der Waals surface area contributed by atoms with Gasteiger partial charge in [0.15, 0.2) is 7.28 Å². The second-order valence-electron chi connectivity index (χ2n) is 3.99. The molecule has 0 aromatic heterocycles. The average molecular weight is 200 g/mol. The van der Waals surface area contributed by atoms with Gasteiger partial charge in [-0.15, -0.1) is 0 Å². The summed E-state index contributed by atoms with van der Waals surface area (Å²) in [4.78, 5) is 0. The second-order valence-corrected chi connectivity index (χ2v) is 3.99. The predicted molar refractivity (Wildman–Crippen MR) is 53.0 cm³/mol. The first-order chi connectivity index (χ1) is 6.77. The third-order valence-corrected chi connectivity index (χ3v) is 3.13.